The van der Waals surface area contributed by atoms with Gasteiger partial charge in [-0.05, 0) is 63.2 Å². The van der Waals surface area contributed by atoms with Crippen molar-refractivity contribution in [2.45, 2.75) is 32.4 Å². The number of nitrogens with one attached hydrogen (secondary N) is 1. The SMILES string of the molecule is CCOc1ccc(-c2ccnc(Nc3ccc(N4CC5CC4CN5C)c(C)c3)n2)cn1. The fourth-order valence-electron chi connectivity index (χ4n) is 4.69. The molecule has 0 amide bonds. The summed E-state index contributed by atoms with van der Waals surface area (Å²) in [5, 5.41) is 3.35. The summed E-state index contributed by atoms with van der Waals surface area (Å²) in [6, 6.07) is 13.6. The smallest absolute Gasteiger partial charge is 0.227 e. The van der Waals surface area contributed by atoms with E-state index in [1.165, 1.54) is 17.7 Å². The monoisotopic (exact) mass is 416 g/mol. The minimum absolute atomic E-state index is 0.570. The average Bonchev–Trinajstić information content (AvgIpc) is 3.34. The van der Waals surface area contributed by atoms with Crippen LogP contribution in [0.25, 0.3) is 11.3 Å². The van der Waals surface area contributed by atoms with Gasteiger partial charge in [0, 0.05) is 60.6 Å². The van der Waals surface area contributed by atoms with Crippen molar-refractivity contribution in [3.8, 4) is 17.1 Å². The molecule has 0 radical (unpaired) electrons. The third-order valence-corrected chi connectivity index (χ3v) is 6.26. The predicted octanol–water partition coefficient (Wildman–Crippen LogP) is 3.88. The van der Waals surface area contributed by atoms with Crippen molar-refractivity contribution in [1.29, 1.82) is 0 Å². The van der Waals surface area contributed by atoms with Crippen LogP contribution in [0, 0.1) is 6.92 Å². The van der Waals surface area contributed by atoms with Gasteiger partial charge in [-0.25, -0.2) is 15.0 Å². The number of ether oxygens (including phenoxy) is 1. The second-order valence-electron chi connectivity index (χ2n) is 8.35. The Bertz CT molecular complexity index is 1070. The molecule has 3 aromatic rings. The molecule has 2 saturated heterocycles. The molecular formula is C24H28N6O. The molecule has 160 valence electrons. The van der Waals surface area contributed by atoms with Crippen molar-refractivity contribution in [2.75, 3.05) is 37.0 Å². The van der Waals surface area contributed by atoms with Crippen molar-refractivity contribution < 1.29 is 4.74 Å². The Morgan fingerprint density at radius 2 is 2.00 bits per heavy atom. The van der Waals surface area contributed by atoms with Crippen molar-refractivity contribution in [3.63, 3.8) is 0 Å². The summed E-state index contributed by atoms with van der Waals surface area (Å²) >= 11 is 0. The number of aryl methyl sites for hydroxylation is 1. The first-order valence-corrected chi connectivity index (χ1v) is 10.9. The van der Waals surface area contributed by atoms with E-state index in [2.05, 4.69) is 62.2 Å². The number of anilines is 3. The van der Waals surface area contributed by atoms with Crippen LogP contribution in [-0.4, -0.2) is 58.7 Å². The molecule has 2 unspecified atom stereocenters. The maximum absolute atomic E-state index is 5.42. The zero-order valence-electron chi connectivity index (χ0n) is 18.2. The maximum atomic E-state index is 5.42. The van der Waals surface area contributed by atoms with Crippen LogP contribution in [-0.2, 0) is 0 Å². The van der Waals surface area contributed by atoms with E-state index in [0.717, 1.165) is 30.0 Å². The molecule has 2 bridgehead atoms. The summed E-state index contributed by atoms with van der Waals surface area (Å²) in [7, 11) is 2.24. The molecule has 0 aliphatic carbocycles. The number of likely N-dealkylation sites (tertiary alicyclic amines) is 1. The number of rotatable bonds is 6. The first-order chi connectivity index (χ1) is 15.1. The first-order valence-electron chi connectivity index (χ1n) is 10.9. The first kappa shape index (κ1) is 19.8. The molecule has 1 aromatic carbocycles. The van der Waals surface area contributed by atoms with Gasteiger partial charge < -0.3 is 15.0 Å². The minimum atomic E-state index is 0.570. The van der Waals surface area contributed by atoms with Gasteiger partial charge in [0.1, 0.15) is 0 Å². The zero-order valence-corrected chi connectivity index (χ0v) is 18.2. The number of piperazine rings is 1. The largest absolute Gasteiger partial charge is 0.478 e. The molecule has 2 aliphatic rings. The summed E-state index contributed by atoms with van der Waals surface area (Å²) in [4.78, 5) is 18.4. The van der Waals surface area contributed by atoms with Crippen LogP contribution in [0.2, 0.25) is 0 Å². The van der Waals surface area contributed by atoms with E-state index >= 15 is 0 Å². The fraction of sp³-hybridized carbons (Fsp3) is 0.375. The van der Waals surface area contributed by atoms with Crippen LogP contribution in [0.5, 0.6) is 5.88 Å². The quantitative estimate of drug-likeness (QED) is 0.654. The number of pyridine rings is 1. The standard InChI is InChI=1S/C24H28N6O/c1-4-31-23-8-5-17(13-26-23)21-9-10-25-24(28-21)27-18-6-7-22(16(2)11-18)30-15-19-12-20(30)14-29(19)3/h5-11,13,19-20H,4,12,14-15H2,1-3H3,(H,25,27,28). The van der Waals surface area contributed by atoms with E-state index in [1.54, 1.807) is 12.4 Å². The minimum Gasteiger partial charge on any atom is -0.478 e. The summed E-state index contributed by atoms with van der Waals surface area (Å²) < 4.78 is 5.42. The van der Waals surface area contributed by atoms with Crippen LogP contribution in [0.15, 0.2) is 48.8 Å². The summed E-state index contributed by atoms with van der Waals surface area (Å²) in [6.07, 6.45) is 4.81. The summed E-state index contributed by atoms with van der Waals surface area (Å²) in [5.41, 5.74) is 5.34. The normalized spacial score (nSPS) is 20.3. The topological polar surface area (TPSA) is 66.4 Å². The Kier molecular flexibility index (Phi) is 5.19. The lowest BCUT2D eigenvalue weighted by Gasteiger charge is -2.34. The van der Waals surface area contributed by atoms with Crippen molar-refractivity contribution in [3.05, 3.63) is 54.4 Å². The van der Waals surface area contributed by atoms with Gasteiger partial charge in [0.05, 0.1) is 12.3 Å². The molecular weight excluding hydrogens is 388 g/mol. The molecule has 7 nitrogen and oxygen atoms in total. The van der Waals surface area contributed by atoms with E-state index in [-0.39, 0.29) is 0 Å². The number of fused-ring (bicyclic) bond motifs is 2. The number of benzene rings is 1. The van der Waals surface area contributed by atoms with E-state index in [4.69, 9.17) is 4.74 Å². The highest BCUT2D eigenvalue weighted by Gasteiger charge is 2.41. The molecule has 0 spiro atoms. The highest BCUT2D eigenvalue weighted by Crippen LogP contribution is 2.36. The van der Waals surface area contributed by atoms with E-state index in [1.807, 2.05) is 25.1 Å². The summed E-state index contributed by atoms with van der Waals surface area (Å²) in [6.45, 7) is 7.00. The Balaban J connectivity index is 1.31. The van der Waals surface area contributed by atoms with E-state index in [9.17, 15) is 0 Å². The number of hydrogen-bond acceptors (Lipinski definition) is 7. The number of aromatic nitrogens is 3. The van der Waals surface area contributed by atoms with E-state index in [0.29, 0.717) is 30.5 Å². The maximum Gasteiger partial charge on any atom is 0.227 e. The molecule has 2 aromatic heterocycles. The van der Waals surface area contributed by atoms with Crippen molar-refractivity contribution >= 4 is 17.3 Å². The lowest BCUT2D eigenvalue weighted by Crippen LogP contribution is -2.44. The van der Waals surface area contributed by atoms with Crippen LogP contribution in [0.4, 0.5) is 17.3 Å². The highest BCUT2D eigenvalue weighted by atomic mass is 16.5. The predicted molar refractivity (Wildman–Crippen MR) is 123 cm³/mol. The van der Waals surface area contributed by atoms with E-state index < -0.39 is 0 Å². The Labute approximate surface area is 183 Å². The Morgan fingerprint density at radius 1 is 1.10 bits per heavy atom. The Morgan fingerprint density at radius 3 is 2.68 bits per heavy atom. The molecule has 0 saturated carbocycles. The molecule has 2 aliphatic heterocycles. The van der Waals surface area contributed by atoms with Gasteiger partial charge >= 0.3 is 0 Å². The lowest BCUT2D eigenvalue weighted by atomic mass is 10.1. The van der Waals surface area contributed by atoms with Crippen LogP contribution in [0.3, 0.4) is 0 Å². The zero-order chi connectivity index (χ0) is 21.4. The molecule has 2 fully saturated rings. The third-order valence-electron chi connectivity index (χ3n) is 6.26. The van der Waals surface area contributed by atoms with Crippen LogP contribution >= 0.6 is 0 Å². The third kappa shape index (κ3) is 3.93. The van der Waals surface area contributed by atoms with Crippen LogP contribution in [0.1, 0.15) is 18.9 Å². The van der Waals surface area contributed by atoms with Gasteiger partial charge in [0.2, 0.25) is 11.8 Å². The second kappa shape index (κ2) is 8.15. The number of hydrogen-bond donors (Lipinski definition) is 1. The van der Waals surface area contributed by atoms with Gasteiger partial charge in [-0.3, -0.25) is 4.90 Å². The average molecular weight is 417 g/mol. The lowest BCUT2D eigenvalue weighted by molar-refractivity contribution is 0.292. The molecule has 4 heterocycles. The van der Waals surface area contributed by atoms with Crippen molar-refractivity contribution in [2.24, 2.45) is 0 Å². The fourth-order valence-corrected chi connectivity index (χ4v) is 4.69. The van der Waals surface area contributed by atoms with Crippen LogP contribution < -0.4 is 15.0 Å². The number of nitrogens with zero attached hydrogens (tertiary/aromatic N) is 5. The van der Waals surface area contributed by atoms with Crippen molar-refractivity contribution in [1.82, 2.24) is 19.9 Å². The van der Waals surface area contributed by atoms with Gasteiger partial charge in [-0.15, -0.1) is 0 Å². The molecule has 31 heavy (non-hydrogen) atoms. The molecule has 5 rings (SSSR count). The number of likely N-dealkylation sites (N-methyl/N-ethyl adjacent to an activating group) is 1. The highest BCUT2D eigenvalue weighted by molar-refractivity contribution is 5.66. The van der Waals surface area contributed by atoms with Gasteiger partial charge in [-0.1, -0.05) is 0 Å². The molecule has 7 heteroatoms. The van der Waals surface area contributed by atoms with Gasteiger partial charge in [0.25, 0.3) is 0 Å². The van der Waals surface area contributed by atoms with Gasteiger partial charge in [0.15, 0.2) is 0 Å². The summed E-state index contributed by atoms with van der Waals surface area (Å²) in [5.74, 6) is 1.19. The molecule has 2 atom stereocenters. The van der Waals surface area contributed by atoms with Gasteiger partial charge in [-0.2, -0.15) is 0 Å². The second-order valence-corrected chi connectivity index (χ2v) is 8.35. The Hall–Kier alpha value is -3.19. The molecule has 1 N–H and O–H groups in total.